The Balaban J connectivity index is 2.88. The van der Waals surface area contributed by atoms with Crippen LogP contribution in [-0.2, 0) is 14.6 Å². The molecule has 21 heavy (non-hydrogen) atoms. The molecule has 0 bridgehead atoms. The number of sulfone groups is 1. The number of carbonyl (C=O) groups excluding carboxylic acids is 1. The maximum atomic E-state index is 12.1. The molecule has 0 saturated carbocycles. The number of alkyl carbamates (subject to hydrolysis) is 1. The third-order valence-electron chi connectivity index (χ3n) is 2.56. The number of aryl methyl sites for hydroxylation is 1. The summed E-state index contributed by atoms with van der Waals surface area (Å²) in [5.74, 6) is -0.449. The van der Waals surface area contributed by atoms with Gasteiger partial charge in [-0.1, -0.05) is 6.07 Å². The van der Waals surface area contributed by atoms with E-state index in [1.165, 1.54) is 18.2 Å². The molecule has 1 aromatic carbocycles. The number of rotatable bonds is 6. The lowest BCUT2D eigenvalue weighted by atomic mass is 10.2. The molecule has 1 aromatic rings. The van der Waals surface area contributed by atoms with E-state index in [0.717, 1.165) is 0 Å². The van der Waals surface area contributed by atoms with Crippen molar-refractivity contribution in [2.24, 2.45) is 0 Å². The molecular weight excluding hydrogens is 300 g/mol. The summed E-state index contributed by atoms with van der Waals surface area (Å²) in [6.45, 7) is 3.23. The molecule has 0 aliphatic heterocycles. The number of nitro groups is 1. The van der Waals surface area contributed by atoms with Gasteiger partial charge < -0.3 is 10.1 Å². The van der Waals surface area contributed by atoms with Gasteiger partial charge in [-0.3, -0.25) is 10.1 Å². The minimum absolute atomic E-state index is 0.169. The molecule has 9 heteroatoms. The fourth-order valence-corrected chi connectivity index (χ4v) is 2.93. The van der Waals surface area contributed by atoms with Gasteiger partial charge in [-0.05, 0) is 25.5 Å². The maximum Gasteiger partial charge on any atom is 0.407 e. The molecule has 8 nitrogen and oxygen atoms in total. The number of ether oxygens (including phenoxy) is 1. The Labute approximate surface area is 122 Å². The molecule has 1 N–H and O–H groups in total. The van der Waals surface area contributed by atoms with Crippen molar-refractivity contribution in [3.05, 3.63) is 33.9 Å². The van der Waals surface area contributed by atoms with Crippen molar-refractivity contribution < 1.29 is 22.9 Å². The number of amides is 1. The third-order valence-corrected chi connectivity index (χ3v) is 4.32. The highest BCUT2D eigenvalue weighted by Crippen LogP contribution is 2.25. The summed E-state index contributed by atoms with van der Waals surface area (Å²) in [6, 6.07) is 3.89. The second kappa shape index (κ2) is 7.02. The molecule has 0 spiro atoms. The Hall–Kier alpha value is -2.16. The van der Waals surface area contributed by atoms with Crippen LogP contribution in [0.15, 0.2) is 23.1 Å². The van der Waals surface area contributed by atoms with E-state index in [2.05, 4.69) is 10.1 Å². The summed E-state index contributed by atoms with van der Waals surface area (Å²) < 4.78 is 28.8. The molecule has 0 fully saturated rings. The summed E-state index contributed by atoms with van der Waals surface area (Å²) >= 11 is 0. The lowest BCUT2D eigenvalue weighted by Crippen LogP contribution is -2.29. The predicted molar refractivity (Wildman–Crippen MR) is 74.9 cm³/mol. The van der Waals surface area contributed by atoms with Crippen molar-refractivity contribution in [3.63, 3.8) is 0 Å². The van der Waals surface area contributed by atoms with E-state index >= 15 is 0 Å². The quantitative estimate of drug-likeness (QED) is 0.627. The number of nitrogens with one attached hydrogen (secondary N) is 1. The van der Waals surface area contributed by atoms with Crippen LogP contribution in [0.4, 0.5) is 10.5 Å². The van der Waals surface area contributed by atoms with Gasteiger partial charge in [0, 0.05) is 12.6 Å². The zero-order valence-corrected chi connectivity index (χ0v) is 12.5. The van der Waals surface area contributed by atoms with E-state index in [0.29, 0.717) is 5.56 Å². The van der Waals surface area contributed by atoms with Crippen molar-refractivity contribution in [1.82, 2.24) is 5.32 Å². The molecule has 0 heterocycles. The smallest absolute Gasteiger partial charge is 0.407 e. The van der Waals surface area contributed by atoms with Crippen LogP contribution in [0.25, 0.3) is 0 Å². The van der Waals surface area contributed by atoms with Crippen LogP contribution in [0.3, 0.4) is 0 Å². The molecule has 0 radical (unpaired) electrons. The minimum atomic E-state index is -3.88. The van der Waals surface area contributed by atoms with Crippen LogP contribution in [0.1, 0.15) is 12.5 Å². The highest BCUT2D eigenvalue weighted by molar-refractivity contribution is 7.91. The molecule has 0 aromatic heterocycles. The second-order valence-corrected chi connectivity index (χ2v) is 6.27. The number of hydrogen-bond acceptors (Lipinski definition) is 6. The molecule has 0 aliphatic carbocycles. The maximum absolute atomic E-state index is 12.1. The lowest BCUT2D eigenvalue weighted by Gasteiger charge is -2.07. The van der Waals surface area contributed by atoms with E-state index in [9.17, 15) is 23.3 Å². The first-order valence-electron chi connectivity index (χ1n) is 6.16. The Morgan fingerprint density at radius 3 is 2.67 bits per heavy atom. The fourth-order valence-electron chi connectivity index (χ4n) is 1.61. The monoisotopic (exact) mass is 316 g/mol. The van der Waals surface area contributed by atoms with E-state index in [1.54, 1.807) is 13.8 Å². The highest BCUT2D eigenvalue weighted by Gasteiger charge is 2.25. The fraction of sp³-hybridized carbons (Fsp3) is 0.417. The van der Waals surface area contributed by atoms with Crippen LogP contribution in [-0.4, -0.2) is 38.3 Å². The zero-order valence-electron chi connectivity index (χ0n) is 11.7. The first kappa shape index (κ1) is 16.9. The van der Waals surface area contributed by atoms with E-state index in [4.69, 9.17) is 0 Å². The van der Waals surface area contributed by atoms with Crippen molar-refractivity contribution in [2.45, 2.75) is 18.7 Å². The van der Waals surface area contributed by atoms with Crippen LogP contribution in [0, 0.1) is 17.0 Å². The average Bonchev–Trinajstić information content (AvgIpc) is 2.38. The molecular formula is C12H16N2O6S. The molecule has 0 aliphatic rings. The van der Waals surface area contributed by atoms with Crippen LogP contribution in [0.5, 0.6) is 0 Å². The van der Waals surface area contributed by atoms with Crippen LogP contribution in [0.2, 0.25) is 0 Å². The lowest BCUT2D eigenvalue weighted by molar-refractivity contribution is -0.387. The van der Waals surface area contributed by atoms with Crippen molar-refractivity contribution >= 4 is 21.6 Å². The molecule has 0 unspecified atom stereocenters. The number of carbonyl (C=O) groups is 1. The van der Waals surface area contributed by atoms with Gasteiger partial charge in [0.2, 0.25) is 0 Å². The Bertz CT molecular complexity index is 641. The summed E-state index contributed by atoms with van der Waals surface area (Å²) in [4.78, 5) is 20.9. The van der Waals surface area contributed by atoms with Crippen LogP contribution < -0.4 is 5.32 Å². The summed E-state index contributed by atoms with van der Waals surface area (Å²) in [5.41, 5.74) is 0.122. The van der Waals surface area contributed by atoms with Gasteiger partial charge in [-0.25, -0.2) is 13.2 Å². The molecule has 0 saturated heterocycles. The standard InChI is InChI=1S/C12H16N2O6S/c1-3-20-12(15)13-6-7-21(18,19)11-5-4-9(2)8-10(11)14(16)17/h4-5,8H,3,6-7H2,1-2H3,(H,13,15). The first-order chi connectivity index (χ1) is 9.77. The van der Waals surface area contributed by atoms with Gasteiger partial charge in [0.05, 0.1) is 17.3 Å². The Kier molecular flexibility index (Phi) is 5.65. The molecule has 1 rings (SSSR count). The zero-order chi connectivity index (χ0) is 16.0. The van der Waals surface area contributed by atoms with Crippen molar-refractivity contribution in [3.8, 4) is 0 Å². The van der Waals surface area contributed by atoms with Gasteiger partial charge in [-0.2, -0.15) is 0 Å². The van der Waals surface area contributed by atoms with E-state index in [1.807, 2.05) is 0 Å². The van der Waals surface area contributed by atoms with Gasteiger partial charge in [0.25, 0.3) is 5.69 Å². The third kappa shape index (κ3) is 4.71. The van der Waals surface area contributed by atoms with Crippen LogP contribution >= 0.6 is 0 Å². The Morgan fingerprint density at radius 1 is 1.43 bits per heavy atom. The number of benzene rings is 1. The number of nitrogens with zero attached hydrogens (tertiary/aromatic N) is 1. The normalized spacial score (nSPS) is 11.0. The average molecular weight is 316 g/mol. The van der Waals surface area contributed by atoms with E-state index in [-0.39, 0.29) is 18.0 Å². The van der Waals surface area contributed by atoms with Crippen molar-refractivity contribution in [1.29, 1.82) is 0 Å². The van der Waals surface area contributed by atoms with Gasteiger partial charge in [-0.15, -0.1) is 0 Å². The molecule has 116 valence electrons. The summed E-state index contributed by atoms with van der Waals surface area (Å²) in [6.07, 6.45) is -0.730. The number of nitro benzene ring substituents is 1. The largest absolute Gasteiger partial charge is 0.450 e. The second-order valence-electron chi connectivity index (χ2n) is 4.19. The SMILES string of the molecule is CCOC(=O)NCCS(=O)(=O)c1ccc(C)cc1[N+](=O)[O-]. The highest BCUT2D eigenvalue weighted by atomic mass is 32.2. The minimum Gasteiger partial charge on any atom is -0.450 e. The summed E-state index contributed by atoms with van der Waals surface area (Å²) in [7, 11) is -3.88. The Morgan fingerprint density at radius 2 is 2.10 bits per heavy atom. The summed E-state index contributed by atoms with van der Waals surface area (Å²) in [5, 5.41) is 13.2. The molecule has 1 amide bonds. The van der Waals surface area contributed by atoms with Gasteiger partial charge >= 0.3 is 6.09 Å². The first-order valence-corrected chi connectivity index (χ1v) is 7.81. The van der Waals surface area contributed by atoms with Gasteiger partial charge in [0.1, 0.15) is 4.90 Å². The number of hydrogen-bond donors (Lipinski definition) is 1. The van der Waals surface area contributed by atoms with Crippen molar-refractivity contribution in [2.75, 3.05) is 18.9 Å². The topological polar surface area (TPSA) is 116 Å². The molecule has 0 atom stereocenters. The van der Waals surface area contributed by atoms with Gasteiger partial charge in [0.15, 0.2) is 9.84 Å². The van der Waals surface area contributed by atoms with E-state index < -0.39 is 32.3 Å². The predicted octanol–water partition coefficient (Wildman–Crippen LogP) is 1.42.